The maximum Gasteiger partial charge on any atom is 0.231 e. The number of ether oxygens (including phenoxy) is 1. The number of pyridine rings is 1. The van der Waals surface area contributed by atoms with Gasteiger partial charge in [-0.05, 0) is 24.4 Å². The van der Waals surface area contributed by atoms with Crippen LogP contribution in [0.4, 0.5) is 5.82 Å². The number of nitrogens with zero attached hydrogens (tertiary/aromatic N) is 3. The van der Waals surface area contributed by atoms with Gasteiger partial charge in [-0.15, -0.1) is 0 Å². The third kappa shape index (κ3) is 2.57. The van der Waals surface area contributed by atoms with E-state index in [4.69, 9.17) is 26.5 Å². The van der Waals surface area contributed by atoms with Gasteiger partial charge in [0, 0.05) is 17.8 Å². The average Bonchev–Trinajstić information content (AvgIpc) is 2.82. The predicted octanol–water partition coefficient (Wildman–Crippen LogP) is 4.08. The number of furan rings is 1. The molecule has 114 valence electrons. The first-order valence-corrected chi connectivity index (χ1v) is 7.18. The lowest BCUT2D eigenvalue weighted by molar-refractivity contribution is 0.474. The van der Waals surface area contributed by atoms with Crippen molar-refractivity contribution >= 4 is 28.5 Å². The fraction of sp³-hybridized carbons (Fsp3) is 0.267. The van der Waals surface area contributed by atoms with Gasteiger partial charge in [0.15, 0.2) is 16.8 Å². The molecule has 6 nitrogen and oxygen atoms in total. The number of nitrogens with two attached hydrogens (primary N) is 1. The number of rotatable bonds is 3. The highest BCUT2D eigenvalue weighted by atomic mass is 35.5. The van der Waals surface area contributed by atoms with E-state index in [1.807, 2.05) is 13.8 Å². The molecule has 3 aromatic heterocycles. The van der Waals surface area contributed by atoms with E-state index in [1.165, 1.54) is 0 Å². The van der Waals surface area contributed by atoms with E-state index in [0.717, 1.165) is 5.56 Å². The second kappa shape index (κ2) is 5.46. The van der Waals surface area contributed by atoms with Crippen LogP contribution in [0.5, 0.6) is 11.5 Å². The summed E-state index contributed by atoms with van der Waals surface area (Å²) in [4.78, 5) is 12.5. The summed E-state index contributed by atoms with van der Waals surface area (Å²) in [7, 11) is 0. The molecule has 22 heavy (non-hydrogen) atoms. The number of hydrogen-bond donors (Lipinski definition) is 1. The number of nitrogen functional groups attached to an aromatic ring is 1. The first-order valence-electron chi connectivity index (χ1n) is 6.80. The Balaban J connectivity index is 2.16. The largest absolute Gasteiger partial charge is 0.451 e. The van der Waals surface area contributed by atoms with Crippen molar-refractivity contribution in [3.05, 3.63) is 35.1 Å². The van der Waals surface area contributed by atoms with Crippen LogP contribution >= 0.6 is 11.6 Å². The minimum atomic E-state index is 0.202. The highest BCUT2D eigenvalue weighted by Gasteiger charge is 2.18. The Morgan fingerprint density at radius 1 is 1.27 bits per heavy atom. The molecule has 0 saturated heterocycles. The second-order valence-electron chi connectivity index (χ2n) is 5.24. The van der Waals surface area contributed by atoms with Gasteiger partial charge in [0.1, 0.15) is 11.6 Å². The van der Waals surface area contributed by atoms with Crippen LogP contribution in [0.25, 0.3) is 11.1 Å². The Morgan fingerprint density at radius 2 is 2.05 bits per heavy atom. The molecule has 0 atom stereocenters. The van der Waals surface area contributed by atoms with Gasteiger partial charge in [0.05, 0.1) is 11.6 Å². The van der Waals surface area contributed by atoms with Gasteiger partial charge in [0.2, 0.25) is 5.71 Å². The highest BCUT2D eigenvalue weighted by Crippen LogP contribution is 2.39. The molecule has 0 amide bonds. The van der Waals surface area contributed by atoms with E-state index in [1.54, 1.807) is 25.4 Å². The zero-order chi connectivity index (χ0) is 15.9. The first kappa shape index (κ1) is 14.6. The second-order valence-corrected chi connectivity index (χ2v) is 5.61. The lowest BCUT2D eigenvalue weighted by Crippen LogP contribution is -2.01. The molecule has 0 aromatic carbocycles. The smallest absolute Gasteiger partial charge is 0.231 e. The SMILES string of the molecule is Cc1ncc(Oc2c(C(C)C)cnc3oc(Cl)cc23)c(N)n1. The molecule has 7 heteroatoms. The summed E-state index contributed by atoms with van der Waals surface area (Å²) in [6, 6.07) is 1.68. The van der Waals surface area contributed by atoms with Gasteiger partial charge in [-0.2, -0.15) is 0 Å². The molecule has 3 aromatic rings. The van der Waals surface area contributed by atoms with Crippen molar-refractivity contribution in [3.8, 4) is 11.5 Å². The molecular formula is C15H15ClN4O2. The van der Waals surface area contributed by atoms with E-state index in [2.05, 4.69) is 15.0 Å². The lowest BCUT2D eigenvalue weighted by Gasteiger charge is -2.14. The van der Waals surface area contributed by atoms with Crippen LogP contribution in [0.3, 0.4) is 0 Å². The average molecular weight is 319 g/mol. The third-order valence-electron chi connectivity index (χ3n) is 3.25. The minimum Gasteiger partial charge on any atom is -0.451 e. The topological polar surface area (TPSA) is 87.1 Å². The lowest BCUT2D eigenvalue weighted by atomic mass is 10.0. The fourth-order valence-corrected chi connectivity index (χ4v) is 2.33. The van der Waals surface area contributed by atoms with Crippen molar-refractivity contribution in [1.29, 1.82) is 0 Å². The number of aryl methyl sites for hydroxylation is 1. The van der Waals surface area contributed by atoms with Gasteiger partial charge in [-0.1, -0.05) is 13.8 Å². The molecule has 0 aliphatic heterocycles. The van der Waals surface area contributed by atoms with Crippen molar-refractivity contribution in [1.82, 2.24) is 15.0 Å². The monoisotopic (exact) mass is 318 g/mol. The summed E-state index contributed by atoms with van der Waals surface area (Å²) in [5, 5.41) is 0.942. The van der Waals surface area contributed by atoms with Crippen LogP contribution in [0.2, 0.25) is 5.22 Å². The van der Waals surface area contributed by atoms with E-state index >= 15 is 0 Å². The van der Waals surface area contributed by atoms with Crippen molar-refractivity contribution in [2.45, 2.75) is 26.7 Å². The van der Waals surface area contributed by atoms with E-state index in [9.17, 15) is 0 Å². The van der Waals surface area contributed by atoms with E-state index < -0.39 is 0 Å². The summed E-state index contributed by atoms with van der Waals surface area (Å²) in [5.74, 6) is 2.06. The standard InChI is InChI=1S/C15H15ClN4O2/c1-7(2)10-5-19-15-9(4-12(16)22-15)13(10)21-11-6-18-8(3)20-14(11)17/h4-7H,1-3H3,(H2,17,18,20). The van der Waals surface area contributed by atoms with Crippen LogP contribution in [0, 0.1) is 6.92 Å². The Bertz CT molecular complexity index is 845. The first-order chi connectivity index (χ1) is 10.5. The Kier molecular flexibility index (Phi) is 3.62. The van der Waals surface area contributed by atoms with Crippen LogP contribution < -0.4 is 10.5 Å². The van der Waals surface area contributed by atoms with Crippen molar-refractivity contribution < 1.29 is 9.15 Å². The van der Waals surface area contributed by atoms with Crippen LogP contribution in [0.1, 0.15) is 31.2 Å². The molecular weight excluding hydrogens is 304 g/mol. The zero-order valence-electron chi connectivity index (χ0n) is 12.4. The summed E-state index contributed by atoms with van der Waals surface area (Å²) in [6.07, 6.45) is 3.27. The summed E-state index contributed by atoms with van der Waals surface area (Å²) in [6.45, 7) is 5.86. The molecule has 0 spiro atoms. The summed E-state index contributed by atoms with van der Waals surface area (Å²) in [5.41, 5.74) is 7.24. The zero-order valence-corrected chi connectivity index (χ0v) is 13.2. The number of anilines is 1. The van der Waals surface area contributed by atoms with Gasteiger partial charge >= 0.3 is 0 Å². The molecule has 2 N–H and O–H groups in total. The molecule has 0 aliphatic rings. The fourth-order valence-electron chi connectivity index (χ4n) is 2.14. The molecule has 3 heterocycles. The number of fused-ring (bicyclic) bond motifs is 1. The molecule has 0 unspecified atom stereocenters. The van der Waals surface area contributed by atoms with Crippen LogP contribution in [-0.2, 0) is 0 Å². The summed E-state index contributed by atoms with van der Waals surface area (Å²) < 4.78 is 11.3. The van der Waals surface area contributed by atoms with E-state index in [-0.39, 0.29) is 17.0 Å². The predicted molar refractivity (Wildman–Crippen MR) is 84.4 cm³/mol. The number of aromatic nitrogens is 3. The summed E-state index contributed by atoms with van der Waals surface area (Å²) >= 11 is 5.93. The third-order valence-corrected chi connectivity index (χ3v) is 3.43. The van der Waals surface area contributed by atoms with Crippen molar-refractivity contribution in [3.63, 3.8) is 0 Å². The Hall–Kier alpha value is -2.34. The molecule has 3 rings (SSSR count). The molecule has 0 aliphatic carbocycles. The molecule has 0 fully saturated rings. The number of halogens is 1. The maximum absolute atomic E-state index is 5.97. The Morgan fingerprint density at radius 3 is 2.73 bits per heavy atom. The quantitative estimate of drug-likeness (QED) is 0.783. The normalized spacial score (nSPS) is 11.3. The Labute approximate surface area is 132 Å². The molecule has 0 saturated carbocycles. The van der Waals surface area contributed by atoms with Crippen LogP contribution in [-0.4, -0.2) is 15.0 Å². The van der Waals surface area contributed by atoms with E-state index in [0.29, 0.717) is 28.4 Å². The van der Waals surface area contributed by atoms with Gasteiger partial charge in [-0.25, -0.2) is 15.0 Å². The minimum absolute atomic E-state index is 0.202. The molecule has 0 radical (unpaired) electrons. The van der Waals surface area contributed by atoms with Crippen molar-refractivity contribution in [2.24, 2.45) is 0 Å². The van der Waals surface area contributed by atoms with Gasteiger partial charge in [-0.3, -0.25) is 0 Å². The van der Waals surface area contributed by atoms with Gasteiger partial charge < -0.3 is 14.9 Å². The maximum atomic E-state index is 5.97. The molecule has 0 bridgehead atoms. The van der Waals surface area contributed by atoms with Crippen molar-refractivity contribution in [2.75, 3.05) is 5.73 Å². The van der Waals surface area contributed by atoms with Gasteiger partial charge in [0.25, 0.3) is 0 Å². The number of hydrogen-bond acceptors (Lipinski definition) is 6. The van der Waals surface area contributed by atoms with Crippen LogP contribution in [0.15, 0.2) is 22.9 Å². The highest BCUT2D eigenvalue weighted by molar-refractivity contribution is 6.29.